The van der Waals surface area contributed by atoms with Gasteiger partial charge in [0.2, 0.25) is 11.8 Å². The third-order valence-corrected chi connectivity index (χ3v) is 7.19. The highest BCUT2D eigenvalue weighted by molar-refractivity contribution is 6.06. The molecule has 0 atom stereocenters. The zero-order valence-corrected chi connectivity index (χ0v) is 24.0. The number of carbonyl (C=O) groups is 1. The van der Waals surface area contributed by atoms with Crippen molar-refractivity contribution in [1.82, 2.24) is 14.9 Å². The Morgan fingerprint density at radius 2 is 1.74 bits per heavy atom. The summed E-state index contributed by atoms with van der Waals surface area (Å²) in [5.74, 6) is 0.0413. The number of benzene rings is 3. The first-order valence-electron chi connectivity index (χ1n) is 14.4. The van der Waals surface area contributed by atoms with Gasteiger partial charge in [-0.25, -0.2) is 9.37 Å². The second kappa shape index (κ2) is 13.9. The van der Waals surface area contributed by atoms with Gasteiger partial charge in [0.1, 0.15) is 11.3 Å². The molecule has 9 heteroatoms. The average molecular weight is 570 g/mol. The van der Waals surface area contributed by atoms with Gasteiger partial charge in [-0.15, -0.1) is 0 Å². The van der Waals surface area contributed by atoms with E-state index in [1.165, 1.54) is 31.5 Å². The summed E-state index contributed by atoms with van der Waals surface area (Å²) in [6.07, 6.45) is 6.04. The van der Waals surface area contributed by atoms with E-state index >= 15 is 0 Å². The number of likely N-dealkylation sites (tertiary alicyclic amines) is 1. The molecule has 42 heavy (non-hydrogen) atoms. The number of hydrogen-bond acceptors (Lipinski definition) is 7. The third-order valence-electron chi connectivity index (χ3n) is 7.19. The first-order valence-corrected chi connectivity index (χ1v) is 14.4. The Morgan fingerprint density at radius 3 is 2.48 bits per heavy atom. The molecule has 1 saturated heterocycles. The van der Waals surface area contributed by atoms with Crippen molar-refractivity contribution in [3.63, 3.8) is 0 Å². The first-order chi connectivity index (χ1) is 20.5. The molecule has 4 aromatic rings. The van der Waals surface area contributed by atoms with Crippen LogP contribution in [0.5, 0.6) is 17.4 Å². The summed E-state index contributed by atoms with van der Waals surface area (Å²) in [6.45, 7) is 7.54. The molecule has 1 aliphatic rings. The van der Waals surface area contributed by atoms with E-state index in [2.05, 4.69) is 25.5 Å². The molecule has 0 bridgehead atoms. The standard InChI is InChI=1S/C33H36FN5O3/c1-23-11-9-12-24(2)30(23)37-31(40)27-22-35-33(38-32(27)42-26-13-5-3-6-14-26)36-25-15-16-29(28(34)21-25)41-20-10-19-39-17-7-4-8-18-39/h3,5-6,9,11-16,21-22H,4,7-8,10,17-20H2,1-2H3,(H,37,40)(H,35,36,38). The van der Waals surface area contributed by atoms with Crippen molar-refractivity contribution >= 4 is 23.2 Å². The van der Waals surface area contributed by atoms with Gasteiger partial charge in [-0.2, -0.15) is 4.98 Å². The highest BCUT2D eigenvalue weighted by atomic mass is 19.1. The Labute approximate surface area is 245 Å². The lowest BCUT2D eigenvalue weighted by molar-refractivity contribution is 0.102. The number of nitrogens with zero attached hydrogens (tertiary/aromatic N) is 3. The molecule has 1 fully saturated rings. The van der Waals surface area contributed by atoms with Gasteiger partial charge >= 0.3 is 0 Å². The number of halogens is 1. The number of carbonyl (C=O) groups excluding carboxylic acids is 1. The van der Waals surface area contributed by atoms with Crippen molar-refractivity contribution in [2.24, 2.45) is 0 Å². The zero-order valence-electron chi connectivity index (χ0n) is 24.0. The molecule has 0 aliphatic carbocycles. The molecular formula is C33H36FN5O3. The Kier molecular flexibility index (Phi) is 9.61. The fraction of sp³-hybridized carbons (Fsp3) is 0.303. The number of aryl methyl sites for hydroxylation is 2. The molecule has 0 saturated carbocycles. The van der Waals surface area contributed by atoms with Gasteiger partial charge in [0.25, 0.3) is 5.91 Å². The lowest BCUT2D eigenvalue weighted by atomic mass is 10.1. The van der Waals surface area contributed by atoms with Crippen molar-refractivity contribution in [1.29, 1.82) is 0 Å². The minimum atomic E-state index is -0.483. The molecule has 8 nitrogen and oxygen atoms in total. The van der Waals surface area contributed by atoms with E-state index in [9.17, 15) is 9.18 Å². The minimum Gasteiger partial charge on any atom is -0.490 e. The maximum atomic E-state index is 14.8. The summed E-state index contributed by atoms with van der Waals surface area (Å²) in [4.78, 5) is 24.5. The SMILES string of the molecule is Cc1cccc(C)c1NC(=O)c1cnc(Nc2ccc(OCCCN3CCCCC3)c(F)c2)nc1Oc1ccccc1. The van der Waals surface area contributed by atoms with Gasteiger partial charge in [-0.05, 0) is 81.6 Å². The predicted molar refractivity (Wildman–Crippen MR) is 163 cm³/mol. The van der Waals surface area contributed by atoms with Crippen LogP contribution in [0.3, 0.4) is 0 Å². The zero-order chi connectivity index (χ0) is 29.3. The van der Waals surface area contributed by atoms with Crippen LogP contribution in [-0.4, -0.2) is 47.0 Å². The molecule has 2 heterocycles. The summed E-state index contributed by atoms with van der Waals surface area (Å²) < 4.78 is 26.6. The van der Waals surface area contributed by atoms with Gasteiger partial charge in [0.15, 0.2) is 11.6 Å². The van der Waals surface area contributed by atoms with Crippen LogP contribution in [-0.2, 0) is 0 Å². The number of rotatable bonds is 11. The van der Waals surface area contributed by atoms with Crippen molar-refractivity contribution < 1.29 is 18.7 Å². The summed E-state index contributed by atoms with van der Waals surface area (Å²) in [7, 11) is 0. The van der Waals surface area contributed by atoms with E-state index in [1.807, 2.05) is 50.2 Å². The number of nitrogens with one attached hydrogen (secondary N) is 2. The second-order valence-corrected chi connectivity index (χ2v) is 10.4. The third kappa shape index (κ3) is 7.61. The van der Waals surface area contributed by atoms with Crippen LogP contribution in [0.1, 0.15) is 47.2 Å². The summed E-state index contributed by atoms with van der Waals surface area (Å²) >= 11 is 0. The maximum absolute atomic E-state index is 14.8. The largest absolute Gasteiger partial charge is 0.490 e. The van der Waals surface area contributed by atoms with E-state index in [0.29, 0.717) is 18.0 Å². The Hall–Kier alpha value is -4.50. The monoisotopic (exact) mass is 569 g/mol. The molecule has 0 radical (unpaired) electrons. The van der Waals surface area contributed by atoms with Gasteiger partial charge in [0.05, 0.1) is 6.61 Å². The molecular weight excluding hydrogens is 533 g/mol. The topological polar surface area (TPSA) is 88.6 Å². The van der Waals surface area contributed by atoms with Crippen LogP contribution in [0.2, 0.25) is 0 Å². The molecule has 0 unspecified atom stereocenters. The van der Waals surface area contributed by atoms with Crippen molar-refractivity contribution in [2.75, 3.05) is 36.9 Å². The normalized spacial score (nSPS) is 13.4. The molecule has 3 aromatic carbocycles. The van der Waals surface area contributed by atoms with Crippen LogP contribution >= 0.6 is 0 Å². The lowest BCUT2D eigenvalue weighted by Gasteiger charge is -2.26. The number of hydrogen-bond donors (Lipinski definition) is 2. The molecule has 2 N–H and O–H groups in total. The van der Waals surface area contributed by atoms with Crippen LogP contribution in [0.25, 0.3) is 0 Å². The molecule has 5 rings (SSSR count). The Balaban J connectivity index is 1.28. The van der Waals surface area contributed by atoms with E-state index in [0.717, 1.165) is 42.9 Å². The van der Waals surface area contributed by atoms with Crippen LogP contribution in [0.4, 0.5) is 21.7 Å². The number of para-hydroxylation sites is 2. The predicted octanol–water partition coefficient (Wildman–Crippen LogP) is 7.28. The molecule has 1 aromatic heterocycles. The van der Waals surface area contributed by atoms with E-state index < -0.39 is 11.7 Å². The minimum absolute atomic E-state index is 0.0663. The number of piperidine rings is 1. The lowest BCUT2D eigenvalue weighted by Crippen LogP contribution is -2.31. The highest BCUT2D eigenvalue weighted by Crippen LogP contribution is 2.28. The summed E-state index contributed by atoms with van der Waals surface area (Å²) in [6, 6.07) is 19.5. The van der Waals surface area contributed by atoms with Gasteiger partial charge in [-0.1, -0.05) is 42.8 Å². The number of aromatic nitrogens is 2. The van der Waals surface area contributed by atoms with E-state index in [4.69, 9.17) is 9.47 Å². The number of amides is 1. The van der Waals surface area contributed by atoms with Gasteiger partial charge in [0, 0.05) is 30.2 Å². The second-order valence-electron chi connectivity index (χ2n) is 10.4. The van der Waals surface area contributed by atoms with Crippen LogP contribution in [0.15, 0.2) is 72.9 Å². The number of ether oxygens (including phenoxy) is 2. The average Bonchev–Trinajstić information content (AvgIpc) is 2.99. The number of anilines is 3. The van der Waals surface area contributed by atoms with Crippen molar-refractivity contribution in [3.05, 3.63) is 95.4 Å². The van der Waals surface area contributed by atoms with Crippen molar-refractivity contribution in [2.45, 2.75) is 39.5 Å². The quantitative estimate of drug-likeness (QED) is 0.184. The summed E-state index contributed by atoms with van der Waals surface area (Å²) in [5.41, 5.74) is 3.19. The Bertz CT molecular complexity index is 1490. The van der Waals surface area contributed by atoms with Crippen LogP contribution < -0.4 is 20.1 Å². The fourth-order valence-electron chi connectivity index (χ4n) is 4.93. The highest BCUT2D eigenvalue weighted by Gasteiger charge is 2.19. The fourth-order valence-corrected chi connectivity index (χ4v) is 4.93. The van der Waals surface area contributed by atoms with Crippen molar-refractivity contribution in [3.8, 4) is 17.4 Å². The molecule has 218 valence electrons. The van der Waals surface area contributed by atoms with E-state index in [1.54, 1.807) is 24.3 Å². The van der Waals surface area contributed by atoms with Crippen LogP contribution in [0, 0.1) is 19.7 Å². The molecule has 0 spiro atoms. The smallest absolute Gasteiger partial charge is 0.262 e. The maximum Gasteiger partial charge on any atom is 0.262 e. The first kappa shape index (κ1) is 29.0. The Morgan fingerprint density at radius 1 is 0.976 bits per heavy atom. The molecule has 1 amide bonds. The summed E-state index contributed by atoms with van der Waals surface area (Å²) in [5, 5.41) is 5.96. The van der Waals surface area contributed by atoms with E-state index in [-0.39, 0.29) is 23.1 Å². The molecule has 1 aliphatic heterocycles. The van der Waals surface area contributed by atoms with Gasteiger partial charge < -0.3 is 25.0 Å². The van der Waals surface area contributed by atoms with Gasteiger partial charge in [-0.3, -0.25) is 4.79 Å².